The molecule has 1 saturated heterocycles. The molecule has 186 valence electrons. The van der Waals surface area contributed by atoms with Crippen LogP contribution in [-0.4, -0.2) is 66.4 Å². The van der Waals surface area contributed by atoms with Crippen molar-refractivity contribution in [3.8, 4) is 5.69 Å². The summed E-state index contributed by atoms with van der Waals surface area (Å²) in [5.41, 5.74) is 2.28. The lowest BCUT2D eigenvalue weighted by Gasteiger charge is -2.21. The molecule has 1 aliphatic heterocycles. The third kappa shape index (κ3) is 5.66. The van der Waals surface area contributed by atoms with Crippen LogP contribution >= 0.6 is 11.8 Å². The van der Waals surface area contributed by atoms with E-state index in [9.17, 15) is 13.6 Å². The monoisotopic (exact) mass is 501 g/mol. The zero-order valence-corrected chi connectivity index (χ0v) is 20.7. The minimum atomic E-state index is -0.895. The summed E-state index contributed by atoms with van der Waals surface area (Å²) in [5.74, 6) is -1.40. The van der Waals surface area contributed by atoms with Crippen molar-refractivity contribution in [1.29, 1.82) is 0 Å². The van der Waals surface area contributed by atoms with Crippen LogP contribution in [0.25, 0.3) is 5.69 Å². The molecular weight excluding hydrogens is 472 g/mol. The zero-order valence-electron chi connectivity index (χ0n) is 19.9. The van der Waals surface area contributed by atoms with Crippen LogP contribution in [0, 0.1) is 18.6 Å². The summed E-state index contributed by atoms with van der Waals surface area (Å²) in [6.07, 6.45) is 1.94. The maximum absolute atomic E-state index is 14.0. The summed E-state index contributed by atoms with van der Waals surface area (Å²) in [6, 6.07) is 12.8. The topological polar surface area (TPSA) is 71.4 Å². The molecule has 2 N–H and O–H groups in total. The fraction of sp³-hybridized carbons (Fsp3) is 0.360. The smallest absolute Gasteiger partial charge is 0.320 e. The number of para-hydroxylation sites is 1. The van der Waals surface area contributed by atoms with Gasteiger partial charge in [-0.25, -0.2) is 18.3 Å². The number of urea groups is 1. The summed E-state index contributed by atoms with van der Waals surface area (Å²) in [5, 5.41) is 10.7. The highest BCUT2D eigenvalue weighted by Gasteiger charge is 2.35. The normalized spacial score (nSPS) is 18.1. The van der Waals surface area contributed by atoms with Crippen LogP contribution in [0.4, 0.5) is 19.4 Å². The number of methoxy groups -OCH3 is 1. The molecule has 2 unspecified atom stereocenters. The molecule has 2 atom stereocenters. The number of aryl methyl sites for hydroxylation is 1. The predicted molar refractivity (Wildman–Crippen MR) is 133 cm³/mol. The molecule has 4 rings (SSSR count). The van der Waals surface area contributed by atoms with Gasteiger partial charge in [0.2, 0.25) is 0 Å². The maximum Gasteiger partial charge on any atom is 0.320 e. The van der Waals surface area contributed by atoms with E-state index in [1.807, 2.05) is 43.5 Å². The molecule has 0 bridgehead atoms. The number of hydrogen-bond donors (Lipinski definition) is 2. The first-order chi connectivity index (χ1) is 16.9. The number of carbonyl (C=O) groups excluding carboxylic acids is 1. The summed E-state index contributed by atoms with van der Waals surface area (Å²) >= 11 is 1.51. The van der Waals surface area contributed by atoms with Crippen molar-refractivity contribution in [1.82, 2.24) is 20.0 Å². The fourth-order valence-electron chi connectivity index (χ4n) is 4.45. The van der Waals surface area contributed by atoms with E-state index in [0.717, 1.165) is 22.3 Å². The van der Waals surface area contributed by atoms with Gasteiger partial charge >= 0.3 is 6.03 Å². The van der Waals surface area contributed by atoms with Gasteiger partial charge in [-0.1, -0.05) is 24.3 Å². The van der Waals surface area contributed by atoms with Crippen molar-refractivity contribution in [2.45, 2.75) is 23.8 Å². The minimum Gasteiger partial charge on any atom is -0.383 e. The lowest BCUT2D eigenvalue weighted by molar-refractivity contribution is 0.159. The number of anilines is 1. The first kappa shape index (κ1) is 25.2. The average molecular weight is 502 g/mol. The lowest BCUT2D eigenvalue weighted by atomic mass is 9.94. The predicted octanol–water partition coefficient (Wildman–Crippen LogP) is 4.42. The van der Waals surface area contributed by atoms with Crippen molar-refractivity contribution < 1.29 is 18.3 Å². The van der Waals surface area contributed by atoms with E-state index in [1.54, 1.807) is 17.9 Å². The van der Waals surface area contributed by atoms with Crippen molar-refractivity contribution in [2.75, 3.05) is 44.9 Å². The molecule has 3 aromatic rings. The van der Waals surface area contributed by atoms with Gasteiger partial charge in [-0.15, -0.1) is 11.8 Å². The molecule has 1 fully saturated rings. The molecule has 10 heteroatoms. The Bertz CT molecular complexity index is 1170. The Morgan fingerprint density at radius 3 is 2.63 bits per heavy atom. The first-order valence-electron chi connectivity index (χ1n) is 11.3. The number of benzene rings is 2. The van der Waals surface area contributed by atoms with Crippen LogP contribution in [0.1, 0.15) is 17.2 Å². The van der Waals surface area contributed by atoms with Crippen LogP contribution in [-0.2, 0) is 4.74 Å². The standard InChI is InChI=1S/C25H29F2N5O2S/c1-16-23(35-3)24(32(30-16)18-7-5-4-6-8-18)29-25(33)28-22-15-31(11-12-34-2)14-19(22)17-9-10-20(26)21(27)13-17/h4-10,13,19,22H,11-12,14-15H2,1-3H3,(H2,28,29,33). The number of halogens is 2. The van der Waals surface area contributed by atoms with Crippen LogP contribution in [0.5, 0.6) is 0 Å². The third-order valence-corrected chi connectivity index (χ3v) is 7.03. The van der Waals surface area contributed by atoms with E-state index in [1.165, 1.54) is 17.8 Å². The molecule has 0 spiro atoms. The van der Waals surface area contributed by atoms with Crippen molar-refractivity contribution in [3.63, 3.8) is 0 Å². The van der Waals surface area contributed by atoms with Crippen LogP contribution < -0.4 is 10.6 Å². The number of thioether (sulfide) groups is 1. The maximum atomic E-state index is 14.0. The van der Waals surface area contributed by atoms with Crippen molar-refractivity contribution in [3.05, 3.63) is 71.4 Å². The number of hydrogen-bond acceptors (Lipinski definition) is 5. The number of amides is 2. The Labute approximate surface area is 207 Å². The minimum absolute atomic E-state index is 0.200. The van der Waals surface area contributed by atoms with Crippen LogP contribution in [0.3, 0.4) is 0 Å². The summed E-state index contributed by atoms with van der Waals surface area (Å²) in [6.45, 7) is 4.27. The SMILES string of the molecule is COCCN1CC(NC(=O)Nc2c(SC)c(C)nn2-c2ccccc2)C(c2ccc(F)c(F)c2)C1. The second-order valence-electron chi connectivity index (χ2n) is 8.45. The summed E-state index contributed by atoms with van der Waals surface area (Å²) in [7, 11) is 1.63. The zero-order chi connectivity index (χ0) is 24.9. The molecular formula is C25H29F2N5O2S. The van der Waals surface area contributed by atoms with E-state index in [4.69, 9.17) is 4.74 Å². The number of rotatable bonds is 8. The Hall–Kier alpha value is -2.95. The number of nitrogens with one attached hydrogen (secondary N) is 2. The molecule has 2 heterocycles. The molecule has 2 aromatic carbocycles. The second kappa shape index (κ2) is 11.2. The van der Waals surface area contributed by atoms with Crippen LogP contribution in [0.15, 0.2) is 53.4 Å². The van der Waals surface area contributed by atoms with Gasteiger partial charge in [-0.2, -0.15) is 5.10 Å². The number of nitrogens with zero attached hydrogens (tertiary/aromatic N) is 3. The van der Waals surface area contributed by atoms with Gasteiger partial charge in [-0.3, -0.25) is 10.2 Å². The summed E-state index contributed by atoms with van der Waals surface area (Å²) in [4.78, 5) is 16.2. The second-order valence-corrected chi connectivity index (χ2v) is 9.27. The quantitative estimate of drug-likeness (QED) is 0.448. The summed E-state index contributed by atoms with van der Waals surface area (Å²) < 4.78 is 34.4. The molecule has 0 saturated carbocycles. The van der Waals surface area contributed by atoms with Gasteiger partial charge in [0.1, 0.15) is 0 Å². The molecule has 0 radical (unpaired) electrons. The van der Waals surface area contributed by atoms with Crippen molar-refractivity contribution >= 4 is 23.6 Å². The molecule has 7 nitrogen and oxygen atoms in total. The highest BCUT2D eigenvalue weighted by atomic mass is 32.2. The Kier molecular flexibility index (Phi) is 8.04. The van der Waals surface area contributed by atoms with Crippen LogP contribution in [0.2, 0.25) is 0 Å². The van der Waals surface area contributed by atoms with Gasteiger partial charge in [0, 0.05) is 32.7 Å². The third-order valence-electron chi connectivity index (χ3n) is 6.14. The number of ether oxygens (including phenoxy) is 1. The van der Waals surface area contributed by atoms with E-state index in [0.29, 0.717) is 37.6 Å². The number of carbonyl (C=O) groups is 1. The highest BCUT2D eigenvalue weighted by Crippen LogP contribution is 2.32. The van der Waals surface area contributed by atoms with E-state index in [-0.39, 0.29) is 18.0 Å². The average Bonchev–Trinajstić information content (AvgIpc) is 3.39. The van der Waals surface area contributed by atoms with Gasteiger partial charge in [0.05, 0.1) is 28.9 Å². The Morgan fingerprint density at radius 2 is 1.94 bits per heavy atom. The van der Waals surface area contributed by atoms with E-state index in [2.05, 4.69) is 20.6 Å². The first-order valence-corrected chi connectivity index (χ1v) is 12.6. The van der Waals surface area contributed by atoms with Crippen molar-refractivity contribution in [2.24, 2.45) is 0 Å². The molecule has 1 aromatic heterocycles. The lowest BCUT2D eigenvalue weighted by Crippen LogP contribution is -2.42. The number of aromatic nitrogens is 2. The fourth-order valence-corrected chi connectivity index (χ4v) is 5.12. The Balaban J connectivity index is 1.56. The molecule has 1 aliphatic rings. The van der Waals surface area contributed by atoms with Gasteiger partial charge in [-0.05, 0) is 43.0 Å². The Morgan fingerprint density at radius 1 is 1.17 bits per heavy atom. The highest BCUT2D eigenvalue weighted by molar-refractivity contribution is 7.98. The van der Waals surface area contributed by atoms with E-state index < -0.39 is 11.6 Å². The number of likely N-dealkylation sites (tertiary alicyclic amines) is 1. The van der Waals surface area contributed by atoms with Gasteiger partial charge in [0.25, 0.3) is 0 Å². The largest absolute Gasteiger partial charge is 0.383 e. The van der Waals surface area contributed by atoms with Gasteiger partial charge < -0.3 is 10.1 Å². The molecule has 35 heavy (non-hydrogen) atoms. The molecule has 2 amide bonds. The van der Waals surface area contributed by atoms with Gasteiger partial charge in [0.15, 0.2) is 17.5 Å². The molecule has 0 aliphatic carbocycles. The van der Waals surface area contributed by atoms with E-state index >= 15 is 0 Å².